The van der Waals surface area contributed by atoms with E-state index in [0.29, 0.717) is 12.2 Å². The van der Waals surface area contributed by atoms with Gasteiger partial charge in [0.05, 0.1) is 0 Å². The molecule has 17 heavy (non-hydrogen) atoms. The van der Waals surface area contributed by atoms with Gasteiger partial charge < -0.3 is 15.4 Å². The van der Waals surface area contributed by atoms with Crippen LogP contribution in [0.4, 0.5) is 0 Å². The van der Waals surface area contributed by atoms with Crippen LogP contribution in [0.15, 0.2) is 24.3 Å². The first kappa shape index (κ1) is 11.7. The molecule has 90 valence electrons. The zero-order valence-corrected chi connectivity index (χ0v) is 9.97. The summed E-state index contributed by atoms with van der Waals surface area (Å²) in [6.07, 6.45) is 0. The van der Waals surface area contributed by atoms with Gasteiger partial charge in [0.25, 0.3) is 0 Å². The van der Waals surface area contributed by atoms with Gasteiger partial charge in [0.15, 0.2) is 0 Å². The van der Waals surface area contributed by atoms with Crippen molar-refractivity contribution in [2.75, 3.05) is 0 Å². The maximum Gasteiger partial charge on any atom is 0.326 e. The molecule has 0 bridgehead atoms. The summed E-state index contributed by atoms with van der Waals surface area (Å²) in [7, 11) is 0. The standard InChI is InChI=1S/C13H16N2O2/c1-3-15-10-6-4-5-8(2)9(10)7-11(15)12(14)13(16)17/h4-7,12H,3,14H2,1-2H3,(H,16,17). The van der Waals surface area contributed by atoms with E-state index in [1.54, 1.807) is 0 Å². The van der Waals surface area contributed by atoms with Crippen LogP contribution in [-0.2, 0) is 11.3 Å². The molecular weight excluding hydrogens is 216 g/mol. The van der Waals surface area contributed by atoms with Crippen LogP contribution in [0.3, 0.4) is 0 Å². The Labute approximate surface area is 99.7 Å². The van der Waals surface area contributed by atoms with Crippen LogP contribution in [0.5, 0.6) is 0 Å². The molecule has 3 N–H and O–H groups in total. The van der Waals surface area contributed by atoms with Gasteiger partial charge in [-0.3, -0.25) is 4.79 Å². The molecule has 0 spiro atoms. The molecule has 1 atom stereocenters. The molecule has 0 aliphatic carbocycles. The third kappa shape index (κ3) is 1.80. The fourth-order valence-electron chi connectivity index (χ4n) is 2.19. The van der Waals surface area contributed by atoms with Crippen molar-refractivity contribution in [2.24, 2.45) is 5.73 Å². The number of aryl methyl sites for hydroxylation is 2. The highest BCUT2D eigenvalue weighted by molar-refractivity contribution is 5.87. The number of carbonyl (C=O) groups is 1. The van der Waals surface area contributed by atoms with E-state index in [1.165, 1.54) is 0 Å². The molecular formula is C13H16N2O2. The highest BCUT2D eigenvalue weighted by atomic mass is 16.4. The smallest absolute Gasteiger partial charge is 0.326 e. The lowest BCUT2D eigenvalue weighted by molar-refractivity contribution is -0.138. The summed E-state index contributed by atoms with van der Waals surface area (Å²) in [6.45, 7) is 4.71. The average molecular weight is 232 g/mol. The van der Waals surface area contributed by atoms with Crippen LogP contribution < -0.4 is 5.73 Å². The minimum absolute atomic E-state index is 0.657. The third-order valence-corrected chi connectivity index (χ3v) is 3.10. The van der Waals surface area contributed by atoms with Crippen LogP contribution in [0.1, 0.15) is 24.2 Å². The van der Waals surface area contributed by atoms with E-state index < -0.39 is 12.0 Å². The molecule has 1 aromatic heterocycles. The summed E-state index contributed by atoms with van der Waals surface area (Å²) < 4.78 is 1.96. The summed E-state index contributed by atoms with van der Waals surface area (Å²) in [6, 6.07) is 6.89. The van der Waals surface area contributed by atoms with Gasteiger partial charge in [0, 0.05) is 23.1 Å². The number of rotatable bonds is 3. The van der Waals surface area contributed by atoms with Gasteiger partial charge in [0.1, 0.15) is 6.04 Å². The molecule has 0 aliphatic rings. The Kier molecular flexibility index (Phi) is 2.90. The highest BCUT2D eigenvalue weighted by Crippen LogP contribution is 2.26. The summed E-state index contributed by atoms with van der Waals surface area (Å²) in [4.78, 5) is 11.0. The first-order chi connectivity index (χ1) is 8.06. The Balaban J connectivity index is 2.72. The fourth-order valence-corrected chi connectivity index (χ4v) is 2.19. The van der Waals surface area contributed by atoms with Crippen LogP contribution >= 0.6 is 0 Å². The summed E-state index contributed by atoms with van der Waals surface area (Å²) >= 11 is 0. The van der Waals surface area contributed by atoms with Crippen molar-refractivity contribution in [3.8, 4) is 0 Å². The molecule has 0 aliphatic heterocycles. The van der Waals surface area contributed by atoms with Gasteiger partial charge in [-0.15, -0.1) is 0 Å². The van der Waals surface area contributed by atoms with E-state index in [1.807, 2.05) is 42.7 Å². The lowest BCUT2D eigenvalue weighted by Gasteiger charge is -2.11. The largest absolute Gasteiger partial charge is 0.480 e. The fraction of sp³-hybridized carbons (Fsp3) is 0.308. The van der Waals surface area contributed by atoms with Crippen molar-refractivity contribution in [3.63, 3.8) is 0 Å². The Morgan fingerprint density at radius 1 is 1.53 bits per heavy atom. The number of carboxylic acids is 1. The van der Waals surface area contributed by atoms with Gasteiger partial charge >= 0.3 is 5.97 Å². The molecule has 0 radical (unpaired) electrons. The van der Waals surface area contributed by atoms with Gasteiger partial charge in [-0.05, 0) is 31.5 Å². The minimum Gasteiger partial charge on any atom is -0.480 e. The third-order valence-electron chi connectivity index (χ3n) is 3.10. The molecule has 1 heterocycles. The lowest BCUT2D eigenvalue weighted by atomic mass is 10.1. The van der Waals surface area contributed by atoms with E-state index in [2.05, 4.69) is 0 Å². The normalized spacial score (nSPS) is 12.9. The van der Waals surface area contributed by atoms with Crippen molar-refractivity contribution < 1.29 is 9.90 Å². The van der Waals surface area contributed by atoms with E-state index in [-0.39, 0.29) is 0 Å². The molecule has 4 nitrogen and oxygen atoms in total. The number of benzene rings is 1. The molecule has 2 aromatic rings. The number of aromatic nitrogens is 1. The van der Waals surface area contributed by atoms with Crippen molar-refractivity contribution in [1.29, 1.82) is 0 Å². The number of nitrogens with two attached hydrogens (primary N) is 1. The molecule has 0 fully saturated rings. The monoisotopic (exact) mass is 232 g/mol. The molecule has 1 unspecified atom stereocenters. The number of hydrogen-bond donors (Lipinski definition) is 2. The quantitative estimate of drug-likeness (QED) is 0.851. The first-order valence-electron chi connectivity index (χ1n) is 5.63. The second kappa shape index (κ2) is 4.22. The van der Waals surface area contributed by atoms with Crippen LogP contribution in [-0.4, -0.2) is 15.6 Å². The Bertz CT molecular complexity index is 572. The van der Waals surface area contributed by atoms with Gasteiger partial charge in [-0.1, -0.05) is 12.1 Å². The Morgan fingerprint density at radius 3 is 2.82 bits per heavy atom. The number of fused-ring (bicyclic) bond motifs is 1. The molecule has 0 saturated carbocycles. The summed E-state index contributed by atoms with van der Waals surface area (Å²) in [5.74, 6) is -1.000. The second-order valence-electron chi connectivity index (χ2n) is 4.14. The zero-order chi connectivity index (χ0) is 12.6. The number of nitrogens with zero attached hydrogens (tertiary/aromatic N) is 1. The highest BCUT2D eigenvalue weighted by Gasteiger charge is 2.20. The lowest BCUT2D eigenvalue weighted by Crippen LogP contribution is -2.23. The number of carboxylic acid groups (broad SMARTS) is 1. The molecule has 0 amide bonds. The predicted molar refractivity (Wildman–Crippen MR) is 66.9 cm³/mol. The second-order valence-corrected chi connectivity index (χ2v) is 4.14. The van der Waals surface area contributed by atoms with Crippen LogP contribution in [0, 0.1) is 6.92 Å². The molecule has 4 heteroatoms. The van der Waals surface area contributed by atoms with Gasteiger partial charge in [0.2, 0.25) is 0 Å². The number of aliphatic carboxylic acids is 1. The van der Waals surface area contributed by atoms with Crippen molar-refractivity contribution >= 4 is 16.9 Å². The summed E-state index contributed by atoms with van der Waals surface area (Å²) in [5.41, 5.74) is 8.54. The maximum atomic E-state index is 11.0. The van der Waals surface area contributed by atoms with Crippen LogP contribution in [0.25, 0.3) is 10.9 Å². The number of hydrogen-bond acceptors (Lipinski definition) is 2. The van der Waals surface area contributed by atoms with Crippen molar-refractivity contribution in [1.82, 2.24) is 4.57 Å². The van der Waals surface area contributed by atoms with Crippen molar-refractivity contribution in [3.05, 3.63) is 35.5 Å². The average Bonchev–Trinajstić information content (AvgIpc) is 2.67. The topological polar surface area (TPSA) is 68.2 Å². The zero-order valence-electron chi connectivity index (χ0n) is 9.97. The molecule has 2 rings (SSSR count). The SMILES string of the molecule is CCn1c(C(N)C(=O)O)cc2c(C)cccc21. The minimum atomic E-state index is -1.000. The summed E-state index contributed by atoms with van der Waals surface area (Å²) in [5, 5.41) is 10.1. The van der Waals surface area contributed by atoms with E-state index in [9.17, 15) is 4.79 Å². The first-order valence-corrected chi connectivity index (χ1v) is 5.63. The van der Waals surface area contributed by atoms with E-state index in [4.69, 9.17) is 10.8 Å². The Morgan fingerprint density at radius 2 is 2.24 bits per heavy atom. The predicted octanol–water partition coefficient (Wildman–Crippen LogP) is 2.05. The van der Waals surface area contributed by atoms with E-state index in [0.717, 1.165) is 16.5 Å². The van der Waals surface area contributed by atoms with E-state index >= 15 is 0 Å². The van der Waals surface area contributed by atoms with Crippen molar-refractivity contribution in [2.45, 2.75) is 26.4 Å². The van der Waals surface area contributed by atoms with Crippen LogP contribution in [0.2, 0.25) is 0 Å². The van der Waals surface area contributed by atoms with Gasteiger partial charge in [-0.2, -0.15) is 0 Å². The molecule has 0 saturated heterocycles. The maximum absolute atomic E-state index is 11.0. The Hall–Kier alpha value is -1.81. The molecule has 1 aromatic carbocycles. The van der Waals surface area contributed by atoms with Gasteiger partial charge in [-0.25, -0.2) is 0 Å².